The summed E-state index contributed by atoms with van der Waals surface area (Å²) in [7, 11) is 1.30. The minimum Gasteiger partial charge on any atom is -0.469 e. The number of rotatable bonds is 2. The molecule has 108 valence electrons. The van der Waals surface area contributed by atoms with E-state index in [9.17, 15) is 19.2 Å². The lowest BCUT2D eigenvalue weighted by molar-refractivity contribution is -0.146. The molecule has 20 heavy (non-hydrogen) atoms. The van der Waals surface area contributed by atoms with E-state index in [-0.39, 0.29) is 24.0 Å². The quantitative estimate of drug-likeness (QED) is 0.681. The molecule has 0 saturated carbocycles. The molecule has 1 saturated heterocycles. The molecule has 1 amide bonds. The predicted octanol–water partition coefficient (Wildman–Crippen LogP) is -0.912. The van der Waals surface area contributed by atoms with Crippen LogP contribution in [0.2, 0.25) is 0 Å². The average molecular weight is 281 g/mol. The third-order valence-electron chi connectivity index (χ3n) is 3.29. The van der Waals surface area contributed by atoms with Crippen LogP contribution in [-0.2, 0) is 9.53 Å². The van der Waals surface area contributed by atoms with Gasteiger partial charge in [0.1, 0.15) is 5.56 Å². The van der Waals surface area contributed by atoms with Gasteiger partial charge in [-0.2, -0.15) is 0 Å². The largest absolute Gasteiger partial charge is 0.469 e. The Morgan fingerprint density at radius 2 is 2.15 bits per heavy atom. The van der Waals surface area contributed by atoms with Crippen LogP contribution < -0.4 is 11.2 Å². The zero-order chi connectivity index (χ0) is 14.7. The maximum Gasteiger partial charge on any atom is 0.325 e. The van der Waals surface area contributed by atoms with Crippen LogP contribution in [0.4, 0.5) is 0 Å². The number of carbonyl (C=O) groups is 2. The van der Waals surface area contributed by atoms with Crippen molar-refractivity contribution in [2.45, 2.75) is 12.8 Å². The first-order valence-electron chi connectivity index (χ1n) is 6.22. The van der Waals surface area contributed by atoms with Crippen LogP contribution in [0, 0.1) is 5.92 Å². The molecule has 1 aromatic heterocycles. The fourth-order valence-electron chi connectivity index (χ4n) is 2.26. The Kier molecular flexibility index (Phi) is 4.02. The number of hydrogen-bond donors (Lipinski definition) is 2. The molecule has 1 aliphatic rings. The van der Waals surface area contributed by atoms with Gasteiger partial charge in [0.15, 0.2) is 0 Å². The van der Waals surface area contributed by atoms with Crippen molar-refractivity contribution in [3.05, 3.63) is 32.6 Å². The van der Waals surface area contributed by atoms with Gasteiger partial charge in [-0.3, -0.25) is 19.4 Å². The molecule has 8 nitrogen and oxygen atoms in total. The molecule has 2 rings (SSSR count). The van der Waals surface area contributed by atoms with Gasteiger partial charge < -0.3 is 14.6 Å². The number of aromatic nitrogens is 2. The highest BCUT2D eigenvalue weighted by atomic mass is 16.5. The zero-order valence-corrected chi connectivity index (χ0v) is 11.0. The lowest BCUT2D eigenvalue weighted by atomic mass is 9.98. The SMILES string of the molecule is COC(=O)[C@H]1CCCN(C(=O)c2c[nH]c(=O)[nH]c2=O)C1. The van der Waals surface area contributed by atoms with Crippen LogP contribution in [0.3, 0.4) is 0 Å². The summed E-state index contributed by atoms with van der Waals surface area (Å²) in [6, 6.07) is 0. The Balaban J connectivity index is 2.18. The van der Waals surface area contributed by atoms with Gasteiger partial charge in [-0.05, 0) is 12.8 Å². The van der Waals surface area contributed by atoms with E-state index < -0.39 is 17.2 Å². The number of nitrogens with one attached hydrogen (secondary N) is 2. The second-order valence-electron chi connectivity index (χ2n) is 4.60. The molecular formula is C12H15N3O5. The number of amides is 1. The minimum absolute atomic E-state index is 0.143. The molecular weight excluding hydrogens is 266 g/mol. The summed E-state index contributed by atoms with van der Waals surface area (Å²) in [5.41, 5.74) is -1.55. The van der Waals surface area contributed by atoms with Crippen molar-refractivity contribution in [1.29, 1.82) is 0 Å². The van der Waals surface area contributed by atoms with Crippen LogP contribution in [-0.4, -0.2) is 46.9 Å². The number of ether oxygens (including phenoxy) is 1. The van der Waals surface area contributed by atoms with E-state index in [4.69, 9.17) is 0 Å². The standard InChI is InChI=1S/C12H15N3O5/c1-20-11(18)7-3-2-4-15(6-7)10(17)8-5-13-12(19)14-9(8)16/h5,7H,2-4,6H2,1H3,(H2,13,14,16,19)/t7-/m0/s1. The molecule has 0 radical (unpaired) electrons. The van der Waals surface area contributed by atoms with Gasteiger partial charge in [-0.25, -0.2) is 4.79 Å². The van der Waals surface area contributed by atoms with Gasteiger partial charge in [0.2, 0.25) is 0 Å². The number of likely N-dealkylation sites (tertiary alicyclic amines) is 1. The summed E-state index contributed by atoms with van der Waals surface area (Å²) >= 11 is 0. The summed E-state index contributed by atoms with van der Waals surface area (Å²) in [6.45, 7) is 0.676. The molecule has 2 N–H and O–H groups in total. The predicted molar refractivity (Wildman–Crippen MR) is 68.3 cm³/mol. The number of H-pyrrole nitrogens is 2. The number of carbonyl (C=O) groups excluding carboxylic acids is 2. The van der Waals surface area contributed by atoms with E-state index in [1.54, 1.807) is 0 Å². The fraction of sp³-hybridized carbons (Fsp3) is 0.500. The van der Waals surface area contributed by atoms with Gasteiger partial charge in [-0.1, -0.05) is 0 Å². The summed E-state index contributed by atoms with van der Waals surface area (Å²) in [6.07, 6.45) is 2.40. The van der Waals surface area contributed by atoms with Gasteiger partial charge in [0.05, 0.1) is 13.0 Å². The normalized spacial score (nSPS) is 18.6. The number of methoxy groups -OCH3 is 1. The molecule has 0 aliphatic carbocycles. The lowest BCUT2D eigenvalue weighted by Crippen LogP contribution is -2.44. The molecule has 8 heteroatoms. The van der Waals surface area contributed by atoms with Gasteiger partial charge >= 0.3 is 11.7 Å². The molecule has 1 fully saturated rings. The summed E-state index contributed by atoms with van der Waals surface area (Å²) in [4.78, 5) is 51.9. The summed E-state index contributed by atoms with van der Waals surface area (Å²) < 4.78 is 4.67. The maximum absolute atomic E-state index is 12.2. The van der Waals surface area contributed by atoms with E-state index in [1.807, 2.05) is 4.98 Å². The highest BCUT2D eigenvalue weighted by Crippen LogP contribution is 2.18. The molecule has 0 aromatic carbocycles. The topological polar surface area (TPSA) is 112 Å². The van der Waals surface area contributed by atoms with Crippen molar-refractivity contribution in [2.75, 3.05) is 20.2 Å². The zero-order valence-electron chi connectivity index (χ0n) is 11.0. The summed E-state index contributed by atoms with van der Waals surface area (Å²) in [5, 5.41) is 0. The highest BCUT2D eigenvalue weighted by Gasteiger charge is 2.30. The van der Waals surface area contributed by atoms with Crippen molar-refractivity contribution >= 4 is 11.9 Å². The number of esters is 1. The van der Waals surface area contributed by atoms with E-state index in [2.05, 4.69) is 9.72 Å². The van der Waals surface area contributed by atoms with Crippen LogP contribution in [0.1, 0.15) is 23.2 Å². The molecule has 2 heterocycles. The third kappa shape index (κ3) is 2.79. The van der Waals surface area contributed by atoms with Crippen LogP contribution in [0.5, 0.6) is 0 Å². The number of nitrogens with zero attached hydrogens (tertiary/aromatic N) is 1. The van der Waals surface area contributed by atoms with Gasteiger partial charge in [0.25, 0.3) is 11.5 Å². The van der Waals surface area contributed by atoms with E-state index in [1.165, 1.54) is 12.0 Å². The number of hydrogen-bond acceptors (Lipinski definition) is 5. The molecule has 1 atom stereocenters. The first kappa shape index (κ1) is 14.0. The van der Waals surface area contributed by atoms with E-state index in [0.717, 1.165) is 6.20 Å². The molecule has 0 spiro atoms. The van der Waals surface area contributed by atoms with Crippen LogP contribution >= 0.6 is 0 Å². The van der Waals surface area contributed by atoms with E-state index in [0.29, 0.717) is 19.4 Å². The van der Waals surface area contributed by atoms with Crippen molar-refractivity contribution in [3.8, 4) is 0 Å². The van der Waals surface area contributed by atoms with Crippen molar-refractivity contribution < 1.29 is 14.3 Å². The molecule has 0 unspecified atom stereocenters. The minimum atomic E-state index is -0.737. The second kappa shape index (κ2) is 5.72. The van der Waals surface area contributed by atoms with Crippen LogP contribution in [0.25, 0.3) is 0 Å². The smallest absolute Gasteiger partial charge is 0.325 e. The monoisotopic (exact) mass is 281 g/mol. The Hall–Kier alpha value is -2.38. The Labute approximate surface area is 113 Å². The first-order valence-corrected chi connectivity index (χ1v) is 6.22. The second-order valence-corrected chi connectivity index (χ2v) is 4.60. The average Bonchev–Trinajstić information content (AvgIpc) is 2.46. The number of piperidine rings is 1. The van der Waals surface area contributed by atoms with Crippen molar-refractivity contribution in [2.24, 2.45) is 5.92 Å². The van der Waals surface area contributed by atoms with Crippen molar-refractivity contribution in [3.63, 3.8) is 0 Å². The van der Waals surface area contributed by atoms with E-state index >= 15 is 0 Å². The van der Waals surface area contributed by atoms with Crippen molar-refractivity contribution in [1.82, 2.24) is 14.9 Å². The highest BCUT2D eigenvalue weighted by molar-refractivity contribution is 5.93. The first-order chi connectivity index (χ1) is 9.52. The molecule has 1 aliphatic heterocycles. The lowest BCUT2D eigenvalue weighted by Gasteiger charge is -2.31. The molecule has 0 bridgehead atoms. The maximum atomic E-state index is 12.2. The Morgan fingerprint density at radius 3 is 2.80 bits per heavy atom. The Morgan fingerprint density at radius 1 is 1.40 bits per heavy atom. The van der Waals surface area contributed by atoms with Crippen LogP contribution in [0.15, 0.2) is 15.8 Å². The third-order valence-corrected chi connectivity index (χ3v) is 3.29. The Bertz CT molecular complexity index is 632. The van der Waals surface area contributed by atoms with Gasteiger partial charge in [0, 0.05) is 19.3 Å². The van der Waals surface area contributed by atoms with Gasteiger partial charge in [-0.15, -0.1) is 0 Å². The fourth-order valence-corrected chi connectivity index (χ4v) is 2.26. The number of aromatic amines is 2. The summed E-state index contributed by atoms with van der Waals surface area (Å²) in [5.74, 6) is -1.24. The molecule has 1 aromatic rings.